The van der Waals surface area contributed by atoms with Crippen molar-refractivity contribution in [2.45, 2.75) is 0 Å². The molecule has 0 atom stereocenters. The normalized spacial score (nSPS) is 11.8. The molecule has 0 N–H and O–H groups in total. The average molecular weight is 250 g/mol. The van der Waals surface area contributed by atoms with Gasteiger partial charge in [-0.1, -0.05) is 39.7 Å². The van der Waals surface area contributed by atoms with Gasteiger partial charge in [0.15, 0.2) is 0 Å². The lowest BCUT2D eigenvalue weighted by Crippen LogP contribution is -1.75. The lowest BCUT2D eigenvalue weighted by Gasteiger charge is -1.93. The predicted molar refractivity (Wildman–Crippen MR) is 54.3 cm³/mol. The number of alkyl halides is 1. The highest BCUT2D eigenvalue weighted by atomic mass is 79.9. The number of halogens is 3. The first-order valence-corrected chi connectivity index (χ1v) is 4.90. The lowest BCUT2D eigenvalue weighted by atomic mass is 10.2. The van der Waals surface area contributed by atoms with Crippen LogP contribution in [0.2, 0.25) is 5.02 Å². The van der Waals surface area contributed by atoms with E-state index in [4.69, 9.17) is 11.6 Å². The minimum absolute atomic E-state index is 0.197. The summed E-state index contributed by atoms with van der Waals surface area (Å²) in [6.07, 6.45) is 1.46. The van der Waals surface area contributed by atoms with E-state index in [2.05, 4.69) is 15.9 Å². The predicted octanol–water partition coefficient (Wildman–Crippen LogP) is 4.05. The van der Waals surface area contributed by atoms with Crippen LogP contribution in [0.15, 0.2) is 30.1 Å². The summed E-state index contributed by atoms with van der Waals surface area (Å²) in [6, 6.07) is 7.00. The smallest absolute Gasteiger partial charge is 0.111 e. The molecular weight excluding hydrogens is 242 g/mol. The molecule has 0 saturated heterocycles. The van der Waals surface area contributed by atoms with Crippen molar-refractivity contribution in [3.8, 4) is 0 Å². The van der Waals surface area contributed by atoms with Gasteiger partial charge in [0, 0.05) is 5.02 Å². The Kier molecular flexibility index (Phi) is 3.76. The molecule has 0 fully saturated rings. The van der Waals surface area contributed by atoms with Crippen LogP contribution in [0.4, 0.5) is 4.39 Å². The molecule has 0 bridgehead atoms. The maximum Gasteiger partial charge on any atom is 0.111 e. The molecule has 0 radical (unpaired) electrons. The second-order valence-electron chi connectivity index (χ2n) is 2.28. The summed E-state index contributed by atoms with van der Waals surface area (Å²) in [5.74, 6) is -0.197. The Labute approximate surface area is 84.2 Å². The molecule has 3 heteroatoms. The van der Waals surface area contributed by atoms with Crippen molar-refractivity contribution in [1.29, 1.82) is 0 Å². The van der Waals surface area contributed by atoms with Crippen LogP contribution in [-0.4, -0.2) is 5.33 Å². The number of benzene rings is 1. The molecule has 0 aliphatic carbocycles. The first-order valence-electron chi connectivity index (χ1n) is 3.40. The largest absolute Gasteiger partial charge is 0.211 e. The van der Waals surface area contributed by atoms with Crippen LogP contribution in [-0.2, 0) is 0 Å². The Hall–Kier alpha value is -0.340. The lowest BCUT2D eigenvalue weighted by molar-refractivity contribution is 0.654. The minimum atomic E-state index is -0.197. The number of allylic oxidation sites excluding steroid dienone is 1. The maximum atomic E-state index is 12.7. The zero-order chi connectivity index (χ0) is 8.97. The first-order chi connectivity index (χ1) is 5.72. The summed E-state index contributed by atoms with van der Waals surface area (Å²) >= 11 is 8.68. The van der Waals surface area contributed by atoms with Gasteiger partial charge in [-0.25, -0.2) is 4.39 Å². The molecule has 0 nitrogen and oxygen atoms in total. The third-order valence-corrected chi connectivity index (χ3v) is 2.11. The zero-order valence-corrected chi connectivity index (χ0v) is 8.57. The van der Waals surface area contributed by atoms with Crippen LogP contribution in [0.3, 0.4) is 0 Å². The van der Waals surface area contributed by atoms with Crippen LogP contribution >= 0.6 is 27.5 Å². The number of hydrogen-bond donors (Lipinski definition) is 0. The van der Waals surface area contributed by atoms with Crippen LogP contribution in [0.1, 0.15) is 5.56 Å². The van der Waals surface area contributed by atoms with E-state index in [1.807, 2.05) is 0 Å². The summed E-state index contributed by atoms with van der Waals surface area (Å²) in [4.78, 5) is 0. The van der Waals surface area contributed by atoms with E-state index in [9.17, 15) is 4.39 Å². The quantitative estimate of drug-likeness (QED) is 0.694. The summed E-state index contributed by atoms with van der Waals surface area (Å²) in [7, 11) is 0. The molecule has 0 unspecified atom stereocenters. The van der Waals surface area contributed by atoms with Crippen molar-refractivity contribution >= 4 is 33.6 Å². The molecule has 0 aromatic heterocycles. The Morgan fingerprint density at radius 1 is 1.42 bits per heavy atom. The first kappa shape index (κ1) is 9.75. The van der Waals surface area contributed by atoms with Crippen molar-refractivity contribution in [3.05, 3.63) is 40.7 Å². The van der Waals surface area contributed by atoms with Crippen molar-refractivity contribution in [2.75, 3.05) is 5.33 Å². The molecule has 0 saturated carbocycles. The molecule has 12 heavy (non-hydrogen) atoms. The minimum Gasteiger partial charge on any atom is -0.211 e. The van der Waals surface area contributed by atoms with Gasteiger partial charge >= 0.3 is 0 Å². The van der Waals surface area contributed by atoms with Gasteiger partial charge in [0.05, 0.1) is 5.33 Å². The van der Waals surface area contributed by atoms with Gasteiger partial charge in [-0.2, -0.15) is 0 Å². The zero-order valence-electron chi connectivity index (χ0n) is 6.23. The number of hydrogen-bond acceptors (Lipinski definition) is 0. The van der Waals surface area contributed by atoms with Gasteiger partial charge in [0.25, 0.3) is 0 Å². The fraction of sp³-hybridized carbons (Fsp3) is 0.111. The van der Waals surface area contributed by atoms with Crippen molar-refractivity contribution < 1.29 is 4.39 Å². The standard InChI is InChI=1S/C9H7BrClF/c10-6-9(12)5-7-1-3-8(11)4-2-7/h1-5H,6H2. The molecule has 0 aliphatic rings. The van der Waals surface area contributed by atoms with Gasteiger partial charge < -0.3 is 0 Å². The van der Waals surface area contributed by atoms with Gasteiger partial charge in [-0.15, -0.1) is 0 Å². The fourth-order valence-electron chi connectivity index (χ4n) is 0.778. The van der Waals surface area contributed by atoms with E-state index in [-0.39, 0.29) is 11.2 Å². The molecule has 64 valence electrons. The molecule has 0 amide bonds. The topological polar surface area (TPSA) is 0 Å². The highest BCUT2D eigenvalue weighted by Crippen LogP contribution is 2.13. The van der Waals surface area contributed by atoms with Gasteiger partial charge in [-0.05, 0) is 23.8 Å². The SMILES string of the molecule is FC(=Cc1ccc(Cl)cc1)CBr. The Morgan fingerprint density at radius 3 is 2.50 bits per heavy atom. The molecule has 1 aromatic carbocycles. The molecular formula is C9H7BrClF. The Bertz CT molecular complexity index is 279. The van der Waals surface area contributed by atoms with Crippen LogP contribution in [0.5, 0.6) is 0 Å². The van der Waals surface area contributed by atoms with Crippen LogP contribution in [0, 0.1) is 0 Å². The maximum absolute atomic E-state index is 12.7. The molecule has 0 aliphatic heterocycles. The molecule has 1 aromatic rings. The van der Waals surface area contributed by atoms with E-state index >= 15 is 0 Å². The monoisotopic (exact) mass is 248 g/mol. The van der Waals surface area contributed by atoms with Crippen LogP contribution < -0.4 is 0 Å². The average Bonchev–Trinajstić information content (AvgIpc) is 2.09. The number of rotatable bonds is 2. The summed E-state index contributed by atoms with van der Waals surface area (Å²) in [5.41, 5.74) is 0.816. The Balaban J connectivity index is 2.84. The highest BCUT2D eigenvalue weighted by Gasteiger charge is 1.92. The van der Waals surface area contributed by atoms with Crippen molar-refractivity contribution in [3.63, 3.8) is 0 Å². The second kappa shape index (κ2) is 4.63. The van der Waals surface area contributed by atoms with E-state index in [0.717, 1.165) is 5.56 Å². The molecule has 0 spiro atoms. The summed E-state index contributed by atoms with van der Waals surface area (Å²) in [6.45, 7) is 0. The third-order valence-electron chi connectivity index (χ3n) is 1.32. The summed E-state index contributed by atoms with van der Waals surface area (Å²) < 4.78 is 12.7. The molecule has 0 heterocycles. The van der Waals surface area contributed by atoms with Gasteiger partial charge in [-0.3, -0.25) is 0 Å². The van der Waals surface area contributed by atoms with Gasteiger partial charge in [0.1, 0.15) is 5.83 Å². The summed E-state index contributed by atoms with van der Waals surface area (Å²) in [5, 5.41) is 0.904. The van der Waals surface area contributed by atoms with E-state index in [1.165, 1.54) is 6.08 Å². The Morgan fingerprint density at radius 2 is 2.00 bits per heavy atom. The molecule has 1 rings (SSSR count). The fourth-order valence-corrected chi connectivity index (χ4v) is 1.07. The second-order valence-corrected chi connectivity index (χ2v) is 3.27. The van der Waals surface area contributed by atoms with Crippen molar-refractivity contribution in [1.82, 2.24) is 0 Å². The van der Waals surface area contributed by atoms with Crippen molar-refractivity contribution in [2.24, 2.45) is 0 Å². The van der Waals surface area contributed by atoms with Crippen LogP contribution in [0.25, 0.3) is 6.08 Å². The van der Waals surface area contributed by atoms with E-state index < -0.39 is 0 Å². The third kappa shape index (κ3) is 2.95. The van der Waals surface area contributed by atoms with E-state index in [0.29, 0.717) is 5.02 Å². The van der Waals surface area contributed by atoms with E-state index in [1.54, 1.807) is 24.3 Å². The van der Waals surface area contributed by atoms with Gasteiger partial charge in [0.2, 0.25) is 0 Å². The highest BCUT2D eigenvalue weighted by molar-refractivity contribution is 9.09.